The average molecular weight is 241 g/mol. The van der Waals surface area contributed by atoms with E-state index in [1.807, 2.05) is 20.9 Å². The molecule has 7 heteroatoms. The zero-order valence-corrected chi connectivity index (χ0v) is 10.1. The van der Waals surface area contributed by atoms with E-state index in [-0.39, 0.29) is 0 Å². The summed E-state index contributed by atoms with van der Waals surface area (Å²) < 4.78 is 3.31. The van der Waals surface area contributed by atoms with E-state index < -0.39 is 5.54 Å². The first-order chi connectivity index (χ1) is 7.41. The second-order valence-electron chi connectivity index (χ2n) is 4.12. The van der Waals surface area contributed by atoms with Crippen molar-refractivity contribution in [2.75, 3.05) is 5.73 Å². The number of anilines is 1. The fraction of sp³-hybridized carbons (Fsp3) is 0.444. The molecule has 0 atom stereocenters. The highest BCUT2D eigenvalue weighted by Gasteiger charge is 2.28. The number of nitrogens with two attached hydrogens (primary N) is 1. The highest BCUT2D eigenvalue weighted by atomic mass is 35.5. The van der Waals surface area contributed by atoms with Crippen molar-refractivity contribution >= 4 is 17.3 Å². The summed E-state index contributed by atoms with van der Waals surface area (Å²) >= 11 is 5.83. The number of rotatable bonds is 2. The van der Waals surface area contributed by atoms with Gasteiger partial charge in [0.1, 0.15) is 11.9 Å². The number of hydrogen-bond acceptors (Lipinski definition) is 4. The highest BCUT2D eigenvalue weighted by Crippen LogP contribution is 2.25. The number of nitrogens with zero attached hydrogens (tertiary/aromatic N) is 5. The molecule has 0 aliphatic carbocycles. The van der Waals surface area contributed by atoms with Gasteiger partial charge in [-0.3, -0.25) is 9.36 Å². The van der Waals surface area contributed by atoms with Gasteiger partial charge in [0.15, 0.2) is 11.0 Å². The van der Waals surface area contributed by atoms with E-state index in [0.29, 0.717) is 16.7 Å². The quantitative estimate of drug-likeness (QED) is 0.851. The third-order valence-corrected chi connectivity index (χ3v) is 2.71. The van der Waals surface area contributed by atoms with E-state index in [1.54, 1.807) is 21.9 Å². The molecule has 2 aromatic heterocycles. The number of aromatic nitrogens is 5. The van der Waals surface area contributed by atoms with Crippen LogP contribution in [0, 0.1) is 0 Å². The Balaban J connectivity index is 2.45. The minimum absolute atomic E-state index is 0.295. The SMILES string of the molecule is Cn1cnc(C(C)(C)n2cc(N)c(Cl)n2)n1. The van der Waals surface area contributed by atoms with E-state index in [1.165, 1.54) is 0 Å². The van der Waals surface area contributed by atoms with E-state index >= 15 is 0 Å². The first-order valence-corrected chi connectivity index (χ1v) is 5.16. The normalized spacial score (nSPS) is 12.0. The third-order valence-electron chi connectivity index (χ3n) is 2.41. The predicted octanol–water partition coefficient (Wildman–Crippen LogP) is 1.03. The lowest BCUT2D eigenvalue weighted by molar-refractivity contribution is 0.367. The van der Waals surface area contributed by atoms with E-state index in [0.717, 1.165) is 0 Å². The highest BCUT2D eigenvalue weighted by molar-refractivity contribution is 6.31. The summed E-state index contributed by atoms with van der Waals surface area (Å²) in [6, 6.07) is 0. The Morgan fingerprint density at radius 1 is 1.38 bits per heavy atom. The Bertz CT molecular complexity index is 492. The summed E-state index contributed by atoms with van der Waals surface area (Å²) in [6.45, 7) is 3.90. The maximum absolute atomic E-state index is 5.83. The molecule has 6 nitrogen and oxygen atoms in total. The molecule has 0 unspecified atom stereocenters. The summed E-state index contributed by atoms with van der Waals surface area (Å²) in [5.41, 5.74) is 5.63. The molecule has 2 rings (SSSR count). The van der Waals surface area contributed by atoms with Crippen molar-refractivity contribution in [2.24, 2.45) is 7.05 Å². The zero-order chi connectivity index (χ0) is 11.9. The van der Waals surface area contributed by atoms with Crippen molar-refractivity contribution in [1.82, 2.24) is 24.5 Å². The summed E-state index contributed by atoms with van der Waals surface area (Å²) in [4.78, 5) is 4.21. The van der Waals surface area contributed by atoms with Gasteiger partial charge in [0.2, 0.25) is 0 Å². The summed E-state index contributed by atoms with van der Waals surface area (Å²) in [5.74, 6) is 0.661. The van der Waals surface area contributed by atoms with Gasteiger partial charge in [-0.25, -0.2) is 4.98 Å². The molecule has 0 radical (unpaired) electrons. The van der Waals surface area contributed by atoms with E-state index in [9.17, 15) is 0 Å². The maximum Gasteiger partial charge on any atom is 0.177 e. The van der Waals surface area contributed by atoms with Gasteiger partial charge in [-0.2, -0.15) is 10.2 Å². The van der Waals surface area contributed by atoms with E-state index in [4.69, 9.17) is 17.3 Å². The Kier molecular flexibility index (Phi) is 2.38. The molecule has 0 amide bonds. The second kappa shape index (κ2) is 3.48. The molecular formula is C9H13ClN6. The molecule has 86 valence electrons. The van der Waals surface area contributed by atoms with Crippen molar-refractivity contribution < 1.29 is 0 Å². The van der Waals surface area contributed by atoms with Gasteiger partial charge < -0.3 is 5.73 Å². The molecule has 0 aromatic carbocycles. The lowest BCUT2D eigenvalue weighted by atomic mass is 10.1. The smallest absolute Gasteiger partial charge is 0.177 e. The lowest BCUT2D eigenvalue weighted by Crippen LogP contribution is -2.30. The predicted molar refractivity (Wildman–Crippen MR) is 61.1 cm³/mol. The van der Waals surface area contributed by atoms with Crippen LogP contribution in [-0.2, 0) is 12.6 Å². The Labute approximate surface area is 98.0 Å². The first-order valence-electron chi connectivity index (χ1n) is 4.78. The summed E-state index contributed by atoms with van der Waals surface area (Å²) in [5, 5.41) is 8.69. The van der Waals surface area contributed by atoms with Crippen molar-refractivity contribution in [1.29, 1.82) is 0 Å². The molecule has 0 bridgehead atoms. The molecule has 16 heavy (non-hydrogen) atoms. The number of nitrogen functional groups attached to an aromatic ring is 1. The summed E-state index contributed by atoms with van der Waals surface area (Å²) in [6.07, 6.45) is 3.32. The van der Waals surface area contributed by atoms with Gasteiger partial charge >= 0.3 is 0 Å². The van der Waals surface area contributed by atoms with Crippen molar-refractivity contribution in [3.05, 3.63) is 23.5 Å². The van der Waals surface area contributed by atoms with Crippen LogP contribution in [0.15, 0.2) is 12.5 Å². The van der Waals surface area contributed by atoms with Crippen molar-refractivity contribution in [2.45, 2.75) is 19.4 Å². The van der Waals surface area contributed by atoms with Crippen LogP contribution >= 0.6 is 11.6 Å². The van der Waals surface area contributed by atoms with Crippen LogP contribution in [0.1, 0.15) is 19.7 Å². The number of hydrogen-bond donors (Lipinski definition) is 1. The van der Waals surface area contributed by atoms with Crippen LogP contribution in [0.5, 0.6) is 0 Å². The van der Waals surface area contributed by atoms with Crippen molar-refractivity contribution in [3.63, 3.8) is 0 Å². The lowest BCUT2D eigenvalue weighted by Gasteiger charge is -2.21. The van der Waals surface area contributed by atoms with Gasteiger partial charge in [-0.1, -0.05) is 11.6 Å². The molecule has 2 aromatic rings. The topological polar surface area (TPSA) is 74.5 Å². The molecule has 0 fully saturated rings. The van der Waals surface area contributed by atoms with Crippen LogP contribution in [0.3, 0.4) is 0 Å². The summed E-state index contributed by atoms with van der Waals surface area (Å²) in [7, 11) is 1.82. The van der Waals surface area contributed by atoms with Crippen LogP contribution in [-0.4, -0.2) is 24.5 Å². The van der Waals surface area contributed by atoms with Gasteiger partial charge in [0.25, 0.3) is 0 Å². The largest absolute Gasteiger partial charge is 0.395 e. The fourth-order valence-electron chi connectivity index (χ4n) is 1.37. The van der Waals surface area contributed by atoms with Gasteiger partial charge in [0.05, 0.1) is 11.9 Å². The fourth-order valence-corrected chi connectivity index (χ4v) is 1.50. The standard InChI is InChI=1S/C9H13ClN6/c1-9(2,8-12-5-15(3)14-8)16-4-6(11)7(10)13-16/h4-5H,11H2,1-3H3. The molecule has 0 spiro atoms. The van der Waals surface area contributed by atoms with Crippen LogP contribution < -0.4 is 5.73 Å². The van der Waals surface area contributed by atoms with Crippen LogP contribution in [0.2, 0.25) is 5.15 Å². The molecule has 0 aliphatic rings. The maximum atomic E-state index is 5.83. The molecular weight excluding hydrogens is 228 g/mol. The third kappa shape index (κ3) is 1.65. The van der Waals surface area contributed by atoms with Crippen LogP contribution in [0.25, 0.3) is 0 Å². The van der Waals surface area contributed by atoms with Gasteiger partial charge in [-0.15, -0.1) is 0 Å². The Hall–Kier alpha value is -1.56. The number of aryl methyl sites for hydroxylation is 1. The first kappa shape index (κ1) is 10.9. The zero-order valence-electron chi connectivity index (χ0n) is 9.35. The average Bonchev–Trinajstić information content (AvgIpc) is 2.75. The second-order valence-corrected chi connectivity index (χ2v) is 4.48. The minimum atomic E-state index is -0.484. The molecule has 2 N–H and O–H groups in total. The molecule has 2 heterocycles. The van der Waals surface area contributed by atoms with E-state index in [2.05, 4.69) is 15.2 Å². The van der Waals surface area contributed by atoms with Gasteiger partial charge in [-0.05, 0) is 13.8 Å². The van der Waals surface area contributed by atoms with Crippen molar-refractivity contribution in [3.8, 4) is 0 Å². The molecule has 0 saturated heterocycles. The molecule has 0 aliphatic heterocycles. The van der Waals surface area contributed by atoms with Crippen LogP contribution in [0.4, 0.5) is 5.69 Å². The van der Waals surface area contributed by atoms with Gasteiger partial charge in [0, 0.05) is 7.05 Å². The minimum Gasteiger partial charge on any atom is -0.395 e. The Morgan fingerprint density at radius 2 is 2.06 bits per heavy atom. The number of halogens is 1. The monoisotopic (exact) mass is 240 g/mol. The Morgan fingerprint density at radius 3 is 2.50 bits per heavy atom. The molecule has 0 saturated carbocycles.